The fourth-order valence-corrected chi connectivity index (χ4v) is 10.3. The van der Waals surface area contributed by atoms with Crippen LogP contribution in [0.4, 0.5) is 0 Å². The van der Waals surface area contributed by atoms with Gasteiger partial charge in [0.1, 0.15) is 17.3 Å². The number of para-hydroxylation sites is 2. The number of rotatable bonds is 9. The van der Waals surface area contributed by atoms with Crippen LogP contribution in [0.25, 0.3) is 94.5 Å². The molecule has 0 bridgehead atoms. The molecule has 12 aromatic rings. The van der Waals surface area contributed by atoms with Crippen molar-refractivity contribution in [2.75, 3.05) is 0 Å². The number of pyridine rings is 1. The van der Waals surface area contributed by atoms with Gasteiger partial charge in [-0.2, -0.15) is 0 Å². The van der Waals surface area contributed by atoms with Crippen LogP contribution in [0.1, 0.15) is 102 Å². The smallest absolute Gasteiger partial charge is 0.269 e. The number of imidazole rings is 1. The fourth-order valence-electron chi connectivity index (χ4n) is 10.3. The van der Waals surface area contributed by atoms with E-state index < -0.39 is 55.2 Å². The minimum Gasteiger partial charge on any atom is -0.458 e. The maximum atomic E-state index is 9.40. The third-order valence-corrected chi connectivity index (χ3v) is 14.6. The summed E-state index contributed by atoms with van der Waals surface area (Å²) in [4.78, 5) is 4.76. The van der Waals surface area contributed by atoms with Crippen LogP contribution < -0.4 is 9.30 Å². The molecular weight excluding hydrogens is 949 g/mol. The summed E-state index contributed by atoms with van der Waals surface area (Å²) in [6.45, 7) is 16.8. The lowest BCUT2D eigenvalue weighted by atomic mass is 9.78. The summed E-state index contributed by atoms with van der Waals surface area (Å²) in [7, 11) is 0. The van der Waals surface area contributed by atoms with Crippen LogP contribution in [0.3, 0.4) is 0 Å². The first-order chi connectivity index (χ1) is 42.8. The van der Waals surface area contributed by atoms with Gasteiger partial charge in [-0.1, -0.05) is 220 Å². The Labute approximate surface area is 478 Å². The van der Waals surface area contributed by atoms with Gasteiger partial charge >= 0.3 is 0 Å². The van der Waals surface area contributed by atoms with Crippen molar-refractivity contribution in [2.45, 2.75) is 85.4 Å². The zero-order valence-corrected chi connectivity index (χ0v) is 45.2. The zero-order valence-electron chi connectivity index (χ0n) is 58.2. The molecule has 0 aliphatic heterocycles. The maximum absolute atomic E-state index is 9.40. The van der Waals surface area contributed by atoms with E-state index in [-0.39, 0.29) is 56.4 Å². The predicted octanol–water partition coefficient (Wildman–Crippen LogP) is 18.9. The summed E-state index contributed by atoms with van der Waals surface area (Å²) in [5, 5.41) is 1.66. The SMILES string of the molecule is [2H]c1c([2H])c([2H])c(-c2cnc(-n3c4ccccc4c4ccc(Oc5cccc(-n6[c-][n+](-c7c(-c8cc(C(C)(C)C)cc(C(C)(C)C)c8)cccc7-c7c([2H])c([2H])c([2H])c([2H])c7[2H])c7ccc(-c8ccc(C(C)(C)C)cc8)cc76)c5)cc43)cc2C([2H])([2H])[2H])c([2H])c1[2H]. The van der Waals surface area contributed by atoms with Gasteiger partial charge in [-0.05, 0) is 133 Å². The second-order valence-corrected chi connectivity index (χ2v) is 23.0. The Morgan fingerprint density at radius 2 is 1.10 bits per heavy atom. The molecule has 3 aromatic heterocycles. The number of hydrogen-bond donors (Lipinski definition) is 0. The number of ether oxygens (including phenoxy) is 1. The van der Waals surface area contributed by atoms with Crippen molar-refractivity contribution >= 4 is 32.8 Å². The summed E-state index contributed by atoms with van der Waals surface area (Å²) >= 11 is 0. The van der Waals surface area contributed by atoms with Crippen LogP contribution in [-0.2, 0) is 16.2 Å². The van der Waals surface area contributed by atoms with Crippen LogP contribution in [0.5, 0.6) is 11.5 Å². The summed E-state index contributed by atoms with van der Waals surface area (Å²) in [6.07, 6.45) is 5.01. The Kier molecular flexibility index (Phi) is 9.19. The van der Waals surface area contributed by atoms with Gasteiger partial charge in [0.05, 0.1) is 47.1 Å². The largest absolute Gasteiger partial charge is 0.458 e. The van der Waals surface area contributed by atoms with Crippen molar-refractivity contribution in [3.05, 3.63) is 247 Å². The van der Waals surface area contributed by atoms with Crippen LogP contribution in [0.15, 0.2) is 218 Å². The van der Waals surface area contributed by atoms with Crippen molar-refractivity contribution < 1.29 is 27.1 Å². The van der Waals surface area contributed by atoms with Gasteiger partial charge in [-0.3, -0.25) is 13.7 Å². The molecule has 0 aliphatic carbocycles. The van der Waals surface area contributed by atoms with Crippen molar-refractivity contribution in [2.24, 2.45) is 0 Å². The molecule has 12 rings (SSSR count). The van der Waals surface area contributed by atoms with Crippen molar-refractivity contribution in [1.29, 1.82) is 0 Å². The third-order valence-electron chi connectivity index (χ3n) is 14.6. The summed E-state index contributed by atoms with van der Waals surface area (Å²) < 4.78 is 126. The molecule has 0 unspecified atom stereocenters. The van der Waals surface area contributed by atoms with Gasteiger partial charge in [-0.15, -0.1) is 0 Å². The minimum atomic E-state index is -2.79. The lowest BCUT2D eigenvalue weighted by Crippen LogP contribution is -2.31. The molecule has 0 aliphatic rings. The molecule has 384 valence electrons. The van der Waals surface area contributed by atoms with Crippen LogP contribution >= 0.6 is 0 Å². The lowest BCUT2D eigenvalue weighted by Gasteiger charge is -2.27. The molecule has 5 nitrogen and oxygen atoms in total. The van der Waals surface area contributed by atoms with Gasteiger partial charge in [-0.25, -0.2) is 4.98 Å². The molecule has 5 heteroatoms. The highest BCUT2D eigenvalue weighted by molar-refractivity contribution is 6.09. The van der Waals surface area contributed by atoms with Crippen molar-refractivity contribution in [3.63, 3.8) is 0 Å². The first-order valence-electron chi connectivity index (χ1n) is 32.7. The van der Waals surface area contributed by atoms with E-state index in [1.54, 1.807) is 0 Å². The highest BCUT2D eigenvalue weighted by atomic mass is 16.5. The van der Waals surface area contributed by atoms with Gasteiger partial charge in [0.25, 0.3) is 6.33 Å². The van der Waals surface area contributed by atoms with E-state index in [9.17, 15) is 2.74 Å². The molecule has 0 fully saturated rings. The van der Waals surface area contributed by atoms with Gasteiger partial charge in [0, 0.05) is 32.7 Å². The van der Waals surface area contributed by atoms with Gasteiger partial charge < -0.3 is 4.74 Å². The van der Waals surface area contributed by atoms with Gasteiger partial charge in [0.15, 0.2) is 0 Å². The molecule has 0 saturated heterocycles. The standard InChI is InChI=1S/C73H66N4O/c1-48-39-69(74-46-64(48)51-23-15-12-16-24-51)77-65-30-18-17-27-62(65)63-37-36-59(45-67(63)77)78-58-26-19-25-57(44-58)75-47-76(66-38-33-52(42-68(66)75)49-31-34-54(35-32-49)71(2,3)4)70-60(50-21-13-11-14-22-50)28-20-29-61(70)53-40-55(72(5,6)7)43-56(41-53)73(8,9)10/h11-46H,1-10H3/i1D3,11D,12D,13D,14D,15D,16D,21D,22D,23D,24D. The van der Waals surface area contributed by atoms with E-state index in [0.717, 1.165) is 49.7 Å². The number of hydrogen-bond acceptors (Lipinski definition) is 2. The maximum Gasteiger partial charge on any atom is 0.269 e. The molecule has 0 spiro atoms. The van der Waals surface area contributed by atoms with E-state index in [4.69, 9.17) is 24.8 Å². The Morgan fingerprint density at radius 1 is 0.487 bits per heavy atom. The molecular formula is C73H66N4O. The van der Waals surface area contributed by atoms with E-state index in [2.05, 4.69) is 123 Å². The quantitative estimate of drug-likeness (QED) is 0.107. The van der Waals surface area contributed by atoms with Crippen LogP contribution in [0, 0.1) is 13.2 Å². The fraction of sp³-hybridized carbons (Fsp3) is 0.178. The molecule has 0 N–H and O–H groups in total. The number of nitrogens with zero attached hydrogens (tertiary/aromatic N) is 4. The van der Waals surface area contributed by atoms with Crippen LogP contribution in [0.2, 0.25) is 0 Å². The van der Waals surface area contributed by atoms with Crippen LogP contribution in [-0.4, -0.2) is 14.1 Å². The van der Waals surface area contributed by atoms with E-state index in [1.165, 1.54) is 17.8 Å². The normalized spacial score (nSPS) is 14.8. The van der Waals surface area contributed by atoms with Gasteiger partial charge in [0.2, 0.25) is 0 Å². The summed E-state index contributed by atoms with van der Waals surface area (Å²) in [5.74, 6) is 1.10. The molecule has 0 radical (unpaired) electrons. The topological polar surface area (TPSA) is 35.9 Å². The van der Waals surface area contributed by atoms with E-state index in [1.807, 2.05) is 105 Å². The number of fused-ring (bicyclic) bond motifs is 4. The Balaban J connectivity index is 1.06. The Hall–Kier alpha value is -8.80. The van der Waals surface area contributed by atoms with E-state index in [0.29, 0.717) is 45.0 Å². The second kappa shape index (κ2) is 19.3. The first-order valence-corrected chi connectivity index (χ1v) is 26.2. The highest BCUT2D eigenvalue weighted by Gasteiger charge is 2.26. The highest BCUT2D eigenvalue weighted by Crippen LogP contribution is 2.41. The number of aryl methyl sites for hydroxylation is 1. The molecule has 0 amide bonds. The number of benzene rings is 9. The lowest BCUT2D eigenvalue weighted by molar-refractivity contribution is -0.571. The Morgan fingerprint density at radius 3 is 1.78 bits per heavy atom. The Bertz CT molecular complexity index is 4870. The first kappa shape index (κ1) is 37.1. The summed E-state index contributed by atoms with van der Waals surface area (Å²) in [5.41, 5.74) is 10.2. The monoisotopic (exact) mass is 1030 g/mol. The average molecular weight is 1030 g/mol. The molecule has 3 heterocycles. The predicted molar refractivity (Wildman–Crippen MR) is 325 cm³/mol. The van der Waals surface area contributed by atoms with Crippen molar-refractivity contribution in [3.8, 4) is 73.2 Å². The number of aromatic nitrogens is 4. The average Bonchev–Trinajstić information content (AvgIpc) is 1.75. The minimum absolute atomic E-state index is 0.0495. The summed E-state index contributed by atoms with van der Waals surface area (Å²) in [6, 6.07) is 44.4. The molecule has 0 atom stereocenters. The molecule has 78 heavy (non-hydrogen) atoms. The zero-order chi connectivity index (χ0) is 65.3. The van der Waals surface area contributed by atoms with Crippen molar-refractivity contribution in [1.82, 2.24) is 14.1 Å². The molecule has 0 saturated carbocycles. The van der Waals surface area contributed by atoms with E-state index >= 15 is 0 Å². The third kappa shape index (κ3) is 9.38. The molecule has 9 aromatic carbocycles. The second-order valence-electron chi connectivity index (χ2n) is 23.0.